The maximum Gasteiger partial charge on any atom is 0.213 e. The second-order valence-corrected chi connectivity index (χ2v) is 3.68. The summed E-state index contributed by atoms with van der Waals surface area (Å²) < 4.78 is 5.32. The standard InChI is InChI=1S/C12H12N4O/c1-8-3-4-14-12(10(8)5-13)16-7-11-15-6-9(2)17-11/h3-4,6H,7H2,1-2H3,(H,14,16). The van der Waals surface area contributed by atoms with E-state index in [1.165, 1.54) is 0 Å². The van der Waals surface area contributed by atoms with E-state index in [-0.39, 0.29) is 0 Å². The van der Waals surface area contributed by atoms with Crippen molar-refractivity contribution in [3.63, 3.8) is 0 Å². The first-order chi connectivity index (χ1) is 8.20. The zero-order valence-electron chi connectivity index (χ0n) is 9.69. The van der Waals surface area contributed by atoms with E-state index in [0.29, 0.717) is 23.8 Å². The van der Waals surface area contributed by atoms with Crippen LogP contribution < -0.4 is 5.32 Å². The number of nitrogens with one attached hydrogen (secondary N) is 1. The van der Waals surface area contributed by atoms with E-state index in [0.717, 1.165) is 11.3 Å². The molecule has 0 saturated carbocycles. The molecular formula is C12H12N4O. The number of pyridine rings is 1. The Morgan fingerprint density at radius 3 is 2.88 bits per heavy atom. The summed E-state index contributed by atoms with van der Waals surface area (Å²) in [6, 6.07) is 3.93. The fourth-order valence-corrected chi connectivity index (χ4v) is 1.48. The Balaban J connectivity index is 2.14. The van der Waals surface area contributed by atoms with E-state index in [4.69, 9.17) is 9.68 Å². The molecule has 86 valence electrons. The van der Waals surface area contributed by atoms with Crippen molar-refractivity contribution in [2.75, 3.05) is 5.32 Å². The molecule has 2 aromatic heterocycles. The third-order valence-corrected chi connectivity index (χ3v) is 2.35. The first kappa shape index (κ1) is 11.1. The van der Waals surface area contributed by atoms with Crippen LogP contribution in [-0.4, -0.2) is 9.97 Å². The quantitative estimate of drug-likeness (QED) is 0.871. The minimum atomic E-state index is 0.416. The third kappa shape index (κ3) is 2.42. The molecule has 0 unspecified atom stereocenters. The van der Waals surface area contributed by atoms with Crippen LogP contribution in [0.5, 0.6) is 0 Å². The number of hydrogen-bond donors (Lipinski definition) is 1. The Hall–Kier alpha value is -2.35. The van der Waals surface area contributed by atoms with Crippen LogP contribution in [0.4, 0.5) is 5.82 Å². The molecule has 1 N–H and O–H groups in total. The van der Waals surface area contributed by atoms with Crippen molar-refractivity contribution in [3.05, 3.63) is 41.2 Å². The minimum Gasteiger partial charge on any atom is -0.444 e. The van der Waals surface area contributed by atoms with E-state index in [2.05, 4.69) is 21.4 Å². The van der Waals surface area contributed by atoms with E-state index >= 15 is 0 Å². The van der Waals surface area contributed by atoms with Gasteiger partial charge in [-0.3, -0.25) is 0 Å². The fraction of sp³-hybridized carbons (Fsp3) is 0.250. The Morgan fingerprint density at radius 1 is 1.41 bits per heavy atom. The summed E-state index contributed by atoms with van der Waals surface area (Å²) in [6.07, 6.45) is 3.32. The lowest BCUT2D eigenvalue weighted by molar-refractivity contribution is 0.479. The molecular weight excluding hydrogens is 216 g/mol. The van der Waals surface area contributed by atoms with Gasteiger partial charge in [0.05, 0.1) is 18.3 Å². The van der Waals surface area contributed by atoms with Gasteiger partial charge in [-0.1, -0.05) is 0 Å². The van der Waals surface area contributed by atoms with Gasteiger partial charge < -0.3 is 9.73 Å². The lowest BCUT2D eigenvalue weighted by Crippen LogP contribution is -2.04. The molecule has 0 aromatic carbocycles. The molecule has 0 aliphatic carbocycles. The van der Waals surface area contributed by atoms with Crippen LogP contribution in [0.25, 0.3) is 0 Å². The second-order valence-electron chi connectivity index (χ2n) is 3.68. The second kappa shape index (κ2) is 4.66. The number of anilines is 1. The van der Waals surface area contributed by atoms with Crippen LogP contribution in [0.3, 0.4) is 0 Å². The number of aromatic nitrogens is 2. The highest BCUT2D eigenvalue weighted by molar-refractivity contribution is 5.55. The molecule has 0 bridgehead atoms. The smallest absolute Gasteiger partial charge is 0.213 e. The van der Waals surface area contributed by atoms with Gasteiger partial charge in [-0.2, -0.15) is 5.26 Å². The predicted molar refractivity (Wildman–Crippen MR) is 62.3 cm³/mol. The molecule has 0 amide bonds. The molecule has 2 aromatic rings. The molecule has 2 rings (SSSR count). The molecule has 0 fully saturated rings. The molecule has 0 radical (unpaired) electrons. The number of rotatable bonds is 3. The monoisotopic (exact) mass is 228 g/mol. The van der Waals surface area contributed by atoms with Gasteiger partial charge in [-0.05, 0) is 25.5 Å². The van der Waals surface area contributed by atoms with Crippen molar-refractivity contribution in [3.8, 4) is 6.07 Å². The molecule has 0 aliphatic rings. The molecule has 0 aliphatic heterocycles. The van der Waals surface area contributed by atoms with Crippen LogP contribution >= 0.6 is 0 Å². The summed E-state index contributed by atoms with van der Waals surface area (Å²) in [7, 11) is 0. The number of nitriles is 1. The Morgan fingerprint density at radius 2 is 2.24 bits per heavy atom. The molecule has 0 saturated heterocycles. The van der Waals surface area contributed by atoms with E-state index in [1.54, 1.807) is 18.5 Å². The van der Waals surface area contributed by atoms with Gasteiger partial charge in [0.2, 0.25) is 5.89 Å². The maximum absolute atomic E-state index is 9.03. The zero-order valence-corrected chi connectivity index (χ0v) is 9.69. The van der Waals surface area contributed by atoms with Gasteiger partial charge in [0.1, 0.15) is 17.6 Å². The van der Waals surface area contributed by atoms with Crippen LogP contribution in [-0.2, 0) is 6.54 Å². The van der Waals surface area contributed by atoms with E-state index in [1.807, 2.05) is 13.8 Å². The SMILES string of the molecule is Cc1cnc(CNc2nccc(C)c2C#N)o1. The first-order valence-electron chi connectivity index (χ1n) is 5.21. The summed E-state index contributed by atoms with van der Waals surface area (Å²) in [6.45, 7) is 4.13. The molecule has 5 nitrogen and oxygen atoms in total. The number of nitrogens with zero attached hydrogens (tertiary/aromatic N) is 3. The summed E-state index contributed by atoms with van der Waals surface area (Å²) >= 11 is 0. The van der Waals surface area contributed by atoms with Crippen molar-refractivity contribution in [1.29, 1.82) is 5.26 Å². The minimum absolute atomic E-state index is 0.416. The predicted octanol–water partition coefficient (Wildman–Crippen LogP) is 2.17. The lowest BCUT2D eigenvalue weighted by Gasteiger charge is -2.06. The largest absolute Gasteiger partial charge is 0.444 e. The fourth-order valence-electron chi connectivity index (χ4n) is 1.48. The normalized spacial score (nSPS) is 9.94. The average Bonchev–Trinajstić information content (AvgIpc) is 2.72. The van der Waals surface area contributed by atoms with Crippen LogP contribution in [0, 0.1) is 25.2 Å². The van der Waals surface area contributed by atoms with E-state index in [9.17, 15) is 0 Å². The van der Waals surface area contributed by atoms with Gasteiger partial charge >= 0.3 is 0 Å². The zero-order chi connectivity index (χ0) is 12.3. The number of aryl methyl sites for hydroxylation is 2. The Labute approximate surface area is 99.1 Å². The average molecular weight is 228 g/mol. The van der Waals surface area contributed by atoms with Gasteiger partial charge in [0, 0.05) is 6.20 Å². The third-order valence-electron chi connectivity index (χ3n) is 2.35. The van der Waals surface area contributed by atoms with Gasteiger partial charge in [-0.15, -0.1) is 0 Å². The molecule has 5 heteroatoms. The van der Waals surface area contributed by atoms with Crippen LogP contribution in [0.1, 0.15) is 22.8 Å². The topological polar surface area (TPSA) is 74.7 Å². The van der Waals surface area contributed by atoms with Gasteiger partial charge in [0.25, 0.3) is 0 Å². The summed E-state index contributed by atoms with van der Waals surface area (Å²) in [5, 5.41) is 12.1. The highest BCUT2D eigenvalue weighted by Crippen LogP contribution is 2.15. The Kier molecular flexibility index (Phi) is 3.06. The van der Waals surface area contributed by atoms with Crippen molar-refractivity contribution in [2.24, 2.45) is 0 Å². The van der Waals surface area contributed by atoms with Gasteiger partial charge in [-0.25, -0.2) is 9.97 Å². The van der Waals surface area contributed by atoms with Gasteiger partial charge in [0.15, 0.2) is 0 Å². The number of hydrogen-bond acceptors (Lipinski definition) is 5. The summed E-state index contributed by atoms with van der Waals surface area (Å²) in [5.41, 5.74) is 1.45. The molecule has 0 atom stereocenters. The van der Waals surface area contributed by atoms with Crippen LogP contribution in [0.15, 0.2) is 22.9 Å². The van der Waals surface area contributed by atoms with Crippen molar-refractivity contribution in [2.45, 2.75) is 20.4 Å². The molecule has 2 heterocycles. The summed E-state index contributed by atoms with van der Waals surface area (Å²) in [4.78, 5) is 8.20. The highest BCUT2D eigenvalue weighted by atomic mass is 16.4. The highest BCUT2D eigenvalue weighted by Gasteiger charge is 2.07. The van der Waals surface area contributed by atoms with Crippen LogP contribution in [0.2, 0.25) is 0 Å². The molecule has 0 spiro atoms. The van der Waals surface area contributed by atoms with Crippen molar-refractivity contribution in [1.82, 2.24) is 9.97 Å². The lowest BCUT2D eigenvalue weighted by atomic mass is 10.1. The number of oxazole rings is 1. The summed E-state index contributed by atoms with van der Waals surface area (Å²) in [5.74, 6) is 1.90. The first-order valence-corrected chi connectivity index (χ1v) is 5.21. The Bertz CT molecular complexity index is 568. The maximum atomic E-state index is 9.03. The molecule has 17 heavy (non-hydrogen) atoms. The van der Waals surface area contributed by atoms with Crippen molar-refractivity contribution >= 4 is 5.82 Å². The van der Waals surface area contributed by atoms with Crippen molar-refractivity contribution < 1.29 is 4.42 Å². The van der Waals surface area contributed by atoms with E-state index < -0.39 is 0 Å².